The molecule has 0 fully saturated rings. The number of rotatable bonds is 3. The Hall–Kier alpha value is -2.19. The van der Waals surface area contributed by atoms with Crippen molar-refractivity contribution in [3.63, 3.8) is 0 Å². The number of allylic oxidation sites excluding steroid dienone is 1. The van der Waals surface area contributed by atoms with Crippen LogP contribution in [0.5, 0.6) is 5.88 Å². The third-order valence-electron chi connectivity index (χ3n) is 3.67. The van der Waals surface area contributed by atoms with E-state index in [4.69, 9.17) is 0 Å². The number of hydrogen-bond donors (Lipinski definition) is 1. The lowest BCUT2D eigenvalue weighted by Gasteiger charge is -2.10. The number of fused-ring (bicyclic) bond motifs is 1. The molecule has 0 spiro atoms. The van der Waals surface area contributed by atoms with Gasteiger partial charge in [-0.05, 0) is 31.2 Å². The van der Waals surface area contributed by atoms with Crippen molar-refractivity contribution in [1.82, 2.24) is 4.57 Å². The molecule has 1 N–H and O–H groups in total. The summed E-state index contributed by atoms with van der Waals surface area (Å²) in [5.41, 5.74) is 2.50. The maximum absolute atomic E-state index is 12.1. The van der Waals surface area contributed by atoms with Crippen molar-refractivity contribution in [3.05, 3.63) is 42.8 Å². The molecule has 1 aromatic heterocycles. The Kier molecular flexibility index (Phi) is 4.42. The maximum atomic E-state index is 12.1. The number of aliphatic imine (C=N–C) groups is 1. The largest absolute Gasteiger partial charge is 0.493 e. The molecule has 0 saturated carbocycles. The lowest BCUT2D eigenvalue weighted by molar-refractivity contribution is -0.144. The van der Waals surface area contributed by atoms with Crippen LogP contribution in [-0.2, 0) is 9.53 Å². The lowest BCUT2D eigenvalue weighted by Crippen LogP contribution is -2.24. The van der Waals surface area contributed by atoms with Gasteiger partial charge in [-0.25, -0.2) is 4.79 Å². The average Bonchev–Trinajstić information content (AvgIpc) is 3.07. The van der Waals surface area contributed by atoms with Crippen molar-refractivity contribution in [1.29, 1.82) is 0 Å². The van der Waals surface area contributed by atoms with E-state index in [1.54, 1.807) is 12.3 Å². The van der Waals surface area contributed by atoms with Crippen LogP contribution in [0.1, 0.15) is 23.4 Å². The fourth-order valence-corrected chi connectivity index (χ4v) is 3.69. The SMILES string of the molecule is COC(=O)[C@H](C)n1c(O)c(/C=C2\C=Nc3ccc(Br)cc32)sc1=O. The molecule has 0 radical (unpaired) electrons. The van der Waals surface area contributed by atoms with Gasteiger partial charge in [0.1, 0.15) is 6.04 Å². The number of thiazole rings is 1. The van der Waals surface area contributed by atoms with E-state index in [1.165, 1.54) is 14.0 Å². The van der Waals surface area contributed by atoms with Crippen LogP contribution in [0.15, 0.2) is 32.5 Å². The Labute approximate surface area is 149 Å². The molecule has 0 saturated heterocycles. The summed E-state index contributed by atoms with van der Waals surface area (Å²) in [7, 11) is 1.24. The molecule has 1 aliphatic rings. The van der Waals surface area contributed by atoms with Gasteiger partial charge in [-0.3, -0.25) is 14.4 Å². The van der Waals surface area contributed by atoms with Gasteiger partial charge in [0.2, 0.25) is 5.88 Å². The number of halogens is 1. The highest BCUT2D eigenvalue weighted by Crippen LogP contribution is 2.36. The van der Waals surface area contributed by atoms with Crippen LogP contribution < -0.4 is 4.87 Å². The topological polar surface area (TPSA) is 80.9 Å². The first kappa shape index (κ1) is 16.7. The minimum Gasteiger partial charge on any atom is -0.493 e. The molecule has 24 heavy (non-hydrogen) atoms. The lowest BCUT2D eigenvalue weighted by atomic mass is 10.1. The van der Waals surface area contributed by atoms with Gasteiger partial charge in [0.25, 0.3) is 0 Å². The second-order valence-corrected chi connectivity index (χ2v) is 7.05. The molecule has 1 aromatic carbocycles. The number of ether oxygens (including phenoxy) is 1. The van der Waals surface area contributed by atoms with E-state index in [0.29, 0.717) is 4.88 Å². The summed E-state index contributed by atoms with van der Waals surface area (Å²) in [6.07, 6.45) is 3.36. The summed E-state index contributed by atoms with van der Waals surface area (Å²) in [5, 5.41) is 10.4. The van der Waals surface area contributed by atoms with E-state index in [9.17, 15) is 14.7 Å². The predicted octanol–water partition coefficient (Wildman–Crippen LogP) is 3.37. The van der Waals surface area contributed by atoms with Gasteiger partial charge in [-0.15, -0.1) is 0 Å². The molecule has 2 heterocycles. The number of nitrogens with zero attached hydrogens (tertiary/aromatic N) is 2. The highest BCUT2D eigenvalue weighted by atomic mass is 79.9. The maximum Gasteiger partial charge on any atom is 0.328 e. The molecule has 2 aromatic rings. The van der Waals surface area contributed by atoms with Crippen LogP contribution >= 0.6 is 27.3 Å². The van der Waals surface area contributed by atoms with E-state index in [2.05, 4.69) is 25.7 Å². The summed E-state index contributed by atoms with van der Waals surface area (Å²) in [5.74, 6) is -0.853. The Balaban J connectivity index is 2.05. The molecule has 124 valence electrons. The van der Waals surface area contributed by atoms with E-state index in [1.807, 2.05) is 18.2 Å². The molecular weight excluding hydrogens is 396 g/mol. The van der Waals surface area contributed by atoms with E-state index in [0.717, 1.165) is 37.2 Å². The summed E-state index contributed by atoms with van der Waals surface area (Å²) in [4.78, 5) is 28.0. The quantitative estimate of drug-likeness (QED) is 0.789. The molecule has 0 bridgehead atoms. The first-order chi connectivity index (χ1) is 11.4. The fraction of sp³-hybridized carbons (Fsp3) is 0.188. The van der Waals surface area contributed by atoms with E-state index >= 15 is 0 Å². The second kappa shape index (κ2) is 6.37. The van der Waals surface area contributed by atoms with Gasteiger partial charge in [0.15, 0.2) is 0 Å². The molecule has 8 heteroatoms. The van der Waals surface area contributed by atoms with E-state index in [-0.39, 0.29) is 5.88 Å². The van der Waals surface area contributed by atoms with Crippen LogP contribution in [0.4, 0.5) is 5.69 Å². The third kappa shape index (κ3) is 2.83. The smallest absolute Gasteiger partial charge is 0.328 e. The first-order valence-corrected chi connectivity index (χ1v) is 8.61. The zero-order chi connectivity index (χ0) is 17.4. The normalized spacial score (nSPS) is 15.5. The number of carbonyl (C=O) groups excluding carboxylic acids is 1. The second-order valence-electron chi connectivity index (χ2n) is 5.14. The third-order valence-corrected chi connectivity index (χ3v) is 5.06. The van der Waals surface area contributed by atoms with Crippen molar-refractivity contribution in [3.8, 4) is 5.88 Å². The van der Waals surface area contributed by atoms with Crippen LogP contribution in [0, 0.1) is 0 Å². The summed E-state index contributed by atoms with van der Waals surface area (Å²) >= 11 is 4.28. The monoisotopic (exact) mass is 408 g/mol. The standard InChI is InChI=1S/C16H13BrN2O4S/c1-8(15(21)23-2)19-14(20)13(24-16(19)22)5-9-7-18-12-4-3-10(17)6-11(9)12/h3-8,20H,1-2H3/b9-5+/t8-/m0/s1. The van der Waals surface area contributed by atoms with Gasteiger partial charge in [0, 0.05) is 21.8 Å². The fourth-order valence-electron chi connectivity index (χ4n) is 2.42. The Morgan fingerprint density at radius 1 is 1.50 bits per heavy atom. The van der Waals surface area contributed by atoms with Crippen molar-refractivity contribution in [2.24, 2.45) is 4.99 Å². The summed E-state index contributed by atoms with van der Waals surface area (Å²) < 4.78 is 6.57. The molecule has 1 atom stereocenters. The molecular formula is C16H13BrN2O4S. The minimum atomic E-state index is -0.899. The Morgan fingerprint density at radius 3 is 2.96 bits per heavy atom. The summed E-state index contributed by atoms with van der Waals surface area (Å²) in [6, 6.07) is 4.79. The van der Waals surface area contributed by atoms with Gasteiger partial charge >= 0.3 is 10.8 Å². The van der Waals surface area contributed by atoms with Crippen LogP contribution in [0.3, 0.4) is 0 Å². The van der Waals surface area contributed by atoms with Gasteiger partial charge in [-0.2, -0.15) is 0 Å². The highest BCUT2D eigenvalue weighted by molar-refractivity contribution is 9.10. The number of aromatic nitrogens is 1. The van der Waals surface area contributed by atoms with Crippen LogP contribution in [0.25, 0.3) is 11.6 Å². The molecule has 0 aliphatic carbocycles. The molecule has 1 aliphatic heterocycles. The van der Waals surface area contributed by atoms with Gasteiger partial charge in [-0.1, -0.05) is 27.3 Å². The van der Waals surface area contributed by atoms with Crippen molar-refractivity contribution >= 4 is 56.8 Å². The molecule has 3 rings (SSSR count). The van der Waals surface area contributed by atoms with Crippen molar-refractivity contribution in [2.45, 2.75) is 13.0 Å². The molecule has 0 amide bonds. The summed E-state index contributed by atoms with van der Waals surface area (Å²) in [6.45, 7) is 1.50. The first-order valence-electron chi connectivity index (χ1n) is 7.00. The number of aromatic hydroxyl groups is 1. The number of hydrogen-bond acceptors (Lipinski definition) is 6. The molecule has 6 nitrogen and oxygen atoms in total. The Morgan fingerprint density at radius 2 is 2.25 bits per heavy atom. The highest BCUT2D eigenvalue weighted by Gasteiger charge is 2.24. The predicted molar refractivity (Wildman–Crippen MR) is 97.1 cm³/mol. The van der Waals surface area contributed by atoms with Crippen molar-refractivity contribution < 1.29 is 14.6 Å². The number of esters is 1. The van der Waals surface area contributed by atoms with E-state index < -0.39 is 16.9 Å². The number of methoxy groups -OCH3 is 1. The number of benzene rings is 1. The zero-order valence-corrected chi connectivity index (χ0v) is 15.2. The Bertz CT molecular complexity index is 942. The van der Waals surface area contributed by atoms with Crippen LogP contribution in [-0.4, -0.2) is 29.0 Å². The number of carbonyl (C=O) groups is 1. The average molecular weight is 409 g/mol. The molecule has 0 unspecified atom stereocenters. The zero-order valence-electron chi connectivity index (χ0n) is 12.8. The van der Waals surface area contributed by atoms with Gasteiger partial charge in [0.05, 0.1) is 17.7 Å². The van der Waals surface area contributed by atoms with Gasteiger partial charge < -0.3 is 9.84 Å². The van der Waals surface area contributed by atoms with Crippen LogP contribution in [0.2, 0.25) is 0 Å². The minimum absolute atomic E-state index is 0.257. The van der Waals surface area contributed by atoms with Crippen molar-refractivity contribution in [2.75, 3.05) is 7.11 Å².